The van der Waals surface area contributed by atoms with E-state index in [0.29, 0.717) is 17.7 Å². The maximum absolute atomic E-state index is 12.4. The molecule has 0 amide bonds. The summed E-state index contributed by atoms with van der Waals surface area (Å²) in [5.41, 5.74) is 3.44. The molecule has 0 spiro atoms. The molecule has 164 valence electrons. The fraction of sp³-hybridized carbons (Fsp3) is 0.269. The van der Waals surface area contributed by atoms with E-state index in [9.17, 15) is 4.79 Å². The first-order valence-electron chi connectivity index (χ1n) is 10.6. The molecule has 3 aromatic carbocycles. The number of aryl methyl sites for hydroxylation is 1. The second kappa shape index (κ2) is 8.20. The molecule has 0 unspecified atom stereocenters. The van der Waals surface area contributed by atoms with E-state index in [1.807, 2.05) is 37.3 Å². The molecule has 0 N–H and O–H groups in total. The number of hydrogen-bond acceptors (Lipinski definition) is 6. The predicted octanol–water partition coefficient (Wildman–Crippen LogP) is 4.67. The molecule has 4 aromatic rings. The number of hydrogen-bond donors (Lipinski definition) is 0. The summed E-state index contributed by atoms with van der Waals surface area (Å²) in [5, 5.41) is 2.45. The van der Waals surface area contributed by atoms with Crippen LogP contribution in [0.3, 0.4) is 0 Å². The Morgan fingerprint density at radius 3 is 2.53 bits per heavy atom. The predicted molar refractivity (Wildman–Crippen MR) is 124 cm³/mol. The quantitative estimate of drug-likeness (QED) is 0.338. The highest BCUT2D eigenvalue weighted by Gasteiger charge is 2.23. The summed E-state index contributed by atoms with van der Waals surface area (Å²) in [6.07, 6.45) is 0.865. The van der Waals surface area contributed by atoms with Crippen LogP contribution in [0.5, 0.6) is 17.2 Å². The third-order valence-electron chi connectivity index (χ3n) is 6.12. The van der Waals surface area contributed by atoms with E-state index in [0.717, 1.165) is 58.7 Å². The van der Waals surface area contributed by atoms with E-state index in [1.54, 1.807) is 20.3 Å². The van der Waals surface area contributed by atoms with Gasteiger partial charge in [-0.25, -0.2) is 4.79 Å². The van der Waals surface area contributed by atoms with Gasteiger partial charge in [-0.2, -0.15) is 0 Å². The molecule has 0 radical (unpaired) electrons. The summed E-state index contributed by atoms with van der Waals surface area (Å²) in [4.78, 5) is 14.7. The Labute approximate surface area is 185 Å². The molecule has 0 aliphatic carbocycles. The first kappa shape index (κ1) is 20.4. The van der Waals surface area contributed by atoms with Crippen molar-refractivity contribution in [3.63, 3.8) is 0 Å². The van der Waals surface area contributed by atoms with Crippen LogP contribution in [0.15, 0.2) is 57.7 Å². The first-order chi connectivity index (χ1) is 15.6. The number of ether oxygens (including phenoxy) is 3. The first-order valence-corrected chi connectivity index (χ1v) is 10.6. The van der Waals surface area contributed by atoms with Gasteiger partial charge in [-0.15, -0.1) is 0 Å². The minimum atomic E-state index is -0.316. The summed E-state index contributed by atoms with van der Waals surface area (Å²) in [6, 6.07) is 15.7. The van der Waals surface area contributed by atoms with Crippen molar-refractivity contribution in [3.05, 3.63) is 75.6 Å². The van der Waals surface area contributed by atoms with Gasteiger partial charge in [-0.05, 0) is 48.6 Å². The number of fused-ring (bicyclic) bond motifs is 4. The van der Waals surface area contributed by atoms with Crippen LogP contribution < -0.4 is 19.8 Å². The van der Waals surface area contributed by atoms with Crippen LogP contribution in [-0.4, -0.2) is 32.4 Å². The fourth-order valence-electron chi connectivity index (χ4n) is 4.45. The van der Waals surface area contributed by atoms with Crippen LogP contribution in [-0.2, 0) is 13.0 Å². The molecule has 32 heavy (non-hydrogen) atoms. The van der Waals surface area contributed by atoms with Gasteiger partial charge in [-0.3, -0.25) is 4.90 Å². The van der Waals surface area contributed by atoms with Gasteiger partial charge in [0.2, 0.25) is 0 Å². The number of rotatable bonds is 5. The number of benzene rings is 3. The Hall–Kier alpha value is -3.51. The van der Waals surface area contributed by atoms with Crippen LogP contribution in [0, 0.1) is 6.92 Å². The van der Waals surface area contributed by atoms with Crippen LogP contribution in [0.4, 0.5) is 0 Å². The van der Waals surface area contributed by atoms with Gasteiger partial charge in [0.05, 0.1) is 19.6 Å². The topological polar surface area (TPSA) is 61.1 Å². The molecule has 5 rings (SSSR count). The van der Waals surface area contributed by atoms with Crippen molar-refractivity contribution in [3.8, 4) is 17.2 Å². The molecular weight excluding hydrogens is 406 g/mol. The second-order valence-electron chi connectivity index (χ2n) is 8.07. The van der Waals surface area contributed by atoms with Gasteiger partial charge in [0.25, 0.3) is 0 Å². The Balaban J connectivity index is 1.43. The molecule has 6 heteroatoms. The molecule has 0 bridgehead atoms. The van der Waals surface area contributed by atoms with Crippen molar-refractivity contribution in [2.24, 2.45) is 0 Å². The van der Waals surface area contributed by atoms with Crippen molar-refractivity contribution in [2.75, 3.05) is 27.5 Å². The van der Waals surface area contributed by atoms with Gasteiger partial charge in [0.15, 0.2) is 11.5 Å². The SMILES string of the molecule is COc1ccc(CCN2COc3c(cc4c(oc(=O)c5ccccc54)c3C)C2)cc1OC. The van der Waals surface area contributed by atoms with E-state index >= 15 is 0 Å². The third-order valence-corrected chi connectivity index (χ3v) is 6.12. The van der Waals surface area contributed by atoms with Crippen molar-refractivity contribution < 1.29 is 18.6 Å². The van der Waals surface area contributed by atoms with Crippen molar-refractivity contribution >= 4 is 21.7 Å². The van der Waals surface area contributed by atoms with Crippen LogP contribution >= 0.6 is 0 Å². The van der Waals surface area contributed by atoms with Gasteiger partial charge in [0, 0.05) is 29.6 Å². The van der Waals surface area contributed by atoms with Crippen molar-refractivity contribution in [2.45, 2.75) is 19.9 Å². The van der Waals surface area contributed by atoms with Gasteiger partial charge < -0.3 is 18.6 Å². The zero-order chi connectivity index (χ0) is 22.2. The molecule has 0 fully saturated rings. The Kier molecular flexibility index (Phi) is 5.23. The van der Waals surface area contributed by atoms with Crippen LogP contribution in [0.2, 0.25) is 0 Å². The monoisotopic (exact) mass is 431 g/mol. The smallest absolute Gasteiger partial charge is 0.344 e. The van der Waals surface area contributed by atoms with Gasteiger partial charge in [-0.1, -0.05) is 24.3 Å². The average molecular weight is 431 g/mol. The molecular formula is C26H25NO5. The summed E-state index contributed by atoms with van der Waals surface area (Å²) >= 11 is 0. The van der Waals surface area contributed by atoms with E-state index in [1.165, 1.54) is 5.56 Å². The lowest BCUT2D eigenvalue weighted by atomic mass is 10.00. The Morgan fingerprint density at radius 1 is 0.969 bits per heavy atom. The molecule has 6 nitrogen and oxygen atoms in total. The summed E-state index contributed by atoms with van der Waals surface area (Å²) in [7, 11) is 3.29. The van der Waals surface area contributed by atoms with Crippen molar-refractivity contribution in [1.82, 2.24) is 4.90 Å². The normalized spacial score (nSPS) is 13.7. The van der Waals surface area contributed by atoms with Gasteiger partial charge >= 0.3 is 5.63 Å². The maximum Gasteiger partial charge on any atom is 0.344 e. The van der Waals surface area contributed by atoms with Gasteiger partial charge in [0.1, 0.15) is 18.1 Å². The largest absolute Gasteiger partial charge is 0.493 e. The molecule has 0 atom stereocenters. The third kappa shape index (κ3) is 3.46. The summed E-state index contributed by atoms with van der Waals surface area (Å²) in [5.74, 6) is 2.28. The maximum atomic E-state index is 12.4. The minimum absolute atomic E-state index is 0.316. The standard InChI is InChI=1S/C26H25NO5/c1-16-24-18(13-21-19-6-4-5-7-20(19)26(28)32-25(16)21)14-27(15-31-24)11-10-17-8-9-22(29-2)23(12-17)30-3/h4-9,12-13H,10-11,14-15H2,1-3H3. The molecule has 0 saturated carbocycles. The van der Waals surface area contributed by atoms with Crippen LogP contribution in [0.25, 0.3) is 21.7 Å². The molecule has 2 heterocycles. The van der Waals surface area contributed by atoms with E-state index in [-0.39, 0.29) is 5.63 Å². The minimum Gasteiger partial charge on any atom is -0.493 e. The lowest BCUT2D eigenvalue weighted by Gasteiger charge is -2.30. The van der Waals surface area contributed by atoms with E-state index in [2.05, 4.69) is 17.0 Å². The highest BCUT2D eigenvalue weighted by Crippen LogP contribution is 2.37. The number of methoxy groups -OCH3 is 2. The molecule has 1 aliphatic rings. The lowest BCUT2D eigenvalue weighted by Crippen LogP contribution is -2.34. The summed E-state index contributed by atoms with van der Waals surface area (Å²) in [6.45, 7) is 4.06. The zero-order valence-electron chi connectivity index (χ0n) is 18.4. The summed E-state index contributed by atoms with van der Waals surface area (Å²) < 4.78 is 22.5. The van der Waals surface area contributed by atoms with E-state index < -0.39 is 0 Å². The Bertz CT molecular complexity index is 1370. The Morgan fingerprint density at radius 2 is 1.75 bits per heavy atom. The zero-order valence-corrected chi connectivity index (χ0v) is 18.4. The molecule has 1 aliphatic heterocycles. The molecule has 1 aromatic heterocycles. The average Bonchev–Trinajstić information content (AvgIpc) is 2.83. The van der Waals surface area contributed by atoms with Crippen molar-refractivity contribution in [1.29, 1.82) is 0 Å². The van der Waals surface area contributed by atoms with Crippen LogP contribution in [0.1, 0.15) is 16.7 Å². The highest BCUT2D eigenvalue weighted by molar-refractivity contribution is 6.06. The van der Waals surface area contributed by atoms with E-state index in [4.69, 9.17) is 18.6 Å². The number of nitrogens with zero attached hydrogens (tertiary/aromatic N) is 1. The lowest BCUT2D eigenvalue weighted by molar-refractivity contribution is 0.0959. The highest BCUT2D eigenvalue weighted by atomic mass is 16.5. The molecule has 0 saturated heterocycles. The second-order valence-corrected chi connectivity index (χ2v) is 8.07. The fourth-order valence-corrected chi connectivity index (χ4v) is 4.45.